The van der Waals surface area contributed by atoms with Crippen LogP contribution >= 0.6 is 0 Å². The number of unbranched alkanes of at least 4 members (excludes halogenated alkanes) is 42. The highest BCUT2D eigenvalue weighted by Crippen LogP contribution is 2.17. The quantitative estimate of drug-likeness (QED) is 0.0320. The molecule has 2 atom stereocenters. The predicted molar refractivity (Wildman–Crippen MR) is 315 cm³/mol. The molecule has 0 aliphatic heterocycles. The van der Waals surface area contributed by atoms with Gasteiger partial charge in [0, 0.05) is 12.8 Å². The number of aliphatic hydroxyl groups is 2. The van der Waals surface area contributed by atoms with E-state index in [4.69, 9.17) is 4.74 Å². The maximum Gasteiger partial charge on any atom is 0.305 e. The predicted octanol–water partition coefficient (Wildman–Crippen LogP) is 20.1. The smallest absolute Gasteiger partial charge is 0.305 e. The van der Waals surface area contributed by atoms with Crippen molar-refractivity contribution in [2.75, 3.05) is 13.2 Å². The lowest BCUT2D eigenvalue weighted by Gasteiger charge is -2.20. The standard InChI is InChI=1S/C66H123NO5/c1-3-5-7-9-11-13-15-17-19-27-32-36-40-44-48-52-56-60-66(71)72-61-57-53-49-45-41-37-33-29-26-24-22-20-21-23-25-28-31-35-39-43-47-51-55-59-65(70)67-63(62-68)64(69)58-54-50-46-42-38-34-30-18-16-14-12-10-8-6-4-2/h11,13,17,19,23,25,54,58,63-64,68-69H,3-10,12,14-16,18,20-22,24,26-53,55-57,59-62H2,1-2H3,(H,67,70)/b13-11-,19-17-,25-23-,58-54+. The van der Waals surface area contributed by atoms with Gasteiger partial charge < -0.3 is 20.3 Å². The molecule has 0 radical (unpaired) electrons. The minimum absolute atomic E-state index is 0.00301. The van der Waals surface area contributed by atoms with E-state index < -0.39 is 12.1 Å². The van der Waals surface area contributed by atoms with E-state index >= 15 is 0 Å². The van der Waals surface area contributed by atoms with Crippen LogP contribution in [0.25, 0.3) is 0 Å². The first-order valence-electron chi connectivity index (χ1n) is 31.9. The minimum atomic E-state index is -0.849. The van der Waals surface area contributed by atoms with Crippen molar-refractivity contribution in [3.63, 3.8) is 0 Å². The largest absolute Gasteiger partial charge is 0.466 e. The molecule has 0 spiro atoms. The molecule has 0 aromatic carbocycles. The van der Waals surface area contributed by atoms with Gasteiger partial charge in [-0.05, 0) is 89.9 Å². The fraction of sp³-hybridized carbons (Fsp3) is 0.848. The minimum Gasteiger partial charge on any atom is -0.466 e. The van der Waals surface area contributed by atoms with Crippen molar-refractivity contribution in [2.24, 2.45) is 0 Å². The summed E-state index contributed by atoms with van der Waals surface area (Å²) in [5.74, 6) is -0.0707. The second kappa shape index (κ2) is 61.4. The van der Waals surface area contributed by atoms with E-state index in [2.05, 4.69) is 55.6 Å². The van der Waals surface area contributed by atoms with Crippen molar-refractivity contribution in [2.45, 2.75) is 347 Å². The first kappa shape index (κ1) is 69.8. The Labute approximate surface area is 448 Å². The molecule has 422 valence electrons. The van der Waals surface area contributed by atoms with E-state index in [1.165, 1.54) is 250 Å². The average molecular weight is 1010 g/mol. The third-order valence-electron chi connectivity index (χ3n) is 14.6. The van der Waals surface area contributed by atoms with Crippen molar-refractivity contribution < 1.29 is 24.5 Å². The molecule has 0 aliphatic rings. The Morgan fingerprint density at radius 2 is 0.694 bits per heavy atom. The Kier molecular flexibility index (Phi) is 59.5. The lowest BCUT2D eigenvalue weighted by molar-refractivity contribution is -0.143. The third-order valence-corrected chi connectivity index (χ3v) is 14.6. The number of hydrogen-bond donors (Lipinski definition) is 3. The molecule has 0 saturated carbocycles. The van der Waals surface area contributed by atoms with Gasteiger partial charge in [0.25, 0.3) is 0 Å². The average Bonchev–Trinajstić information content (AvgIpc) is 3.38. The van der Waals surface area contributed by atoms with E-state index in [1.807, 2.05) is 6.08 Å². The van der Waals surface area contributed by atoms with Crippen LogP contribution in [0.2, 0.25) is 0 Å². The zero-order chi connectivity index (χ0) is 52.2. The van der Waals surface area contributed by atoms with Crippen LogP contribution in [0.15, 0.2) is 48.6 Å². The van der Waals surface area contributed by atoms with Gasteiger partial charge in [-0.3, -0.25) is 9.59 Å². The Bertz CT molecular complexity index is 1210. The first-order valence-corrected chi connectivity index (χ1v) is 31.9. The second-order valence-electron chi connectivity index (χ2n) is 21.7. The van der Waals surface area contributed by atoms with Crippen LogP contribution in [0.5, 0.6) is 0 Å². The lowest BCUT2D eigenvalue weighted by Crippen LogP contribution is -2.45. The molecule has 2 unspecified atom stereocenters. The molecule has 72 heavy (non-hydrogen) atoms. The number of allylic oxidation sites excluding steroid dienone is 7. The van der Waals surface area contributed by atoms with E-state index in [0.29, 0.717) is 19.4 Å². The Morgan fingerprint density at radius 3 is 1.10 bits per heavy atom. The highest BCUT2D eigenvalue weighted by molar-refractivity contribution is 5.76. The van der Waals surface area contributed by atoms with Crippen molar-refractivity contribution in [1.29, 1.82) is 0 Å². The molecule has 6 heteroatoms. The number of esters is 1. The van der Waals surface area contributed by atoms with Crippen LogP contribution in [0.3, 0.4) is 0 Å². The molecular formula is C66H123NO5. The van der Waals surface area contributed by atoms with Crippen LogP contribution in [-0.2, 0) is 14.3 Å². The molecule has 6 nitrogen and oxygen atoms in total. The van der Waals surface area contributed by atoms with Crippen molar-refractivity contribution >= 4 is 11.9 Å². The van der Waals surface area contributed by atoms with E-state index in [-0.39, 0.29) is 18.5 Å². The van der Waals surface area contributed by atoms with Gasteiger partial charge in [0.1, 0.15) is 0 Å². The number of carbonyl (C=O) groups excluding carboxylic acids is 2. The number of amides is 1. The van der Waals surface area contributed by atoms with Gasteiger partial charge in [-0.2, -0.15) is 0 Å². The monoisotopic (exact) mass is 1010 g/mol. The van der Waals surface area contributed by atoms with Crippen molar-refractivity contribution in [1.82, 2.24) is 5.32 Å². The molecule has 0 fully saturated rings. The number of ether oxygens (including phenoxy) is 1. The number of nitrogens with one attached hydrogen (secondary N) is 1. The summed E-state index contributed by atoms with van der Waals surface area (Å²) in [6.07, 6.45) is 78.7. The molecule has 0 aliphatic carbocycles. The number of rotatable bonds is 59. The molecule has 3 N–H and O–H groups in total. The molecular weight excluding hydrogens is 887 g/mol. The van der Waals surface area contributed by atoms with Crippen LogP contribution in [0.1, 0.15) is 335 Å². The van der Waals surface area contributed by atoms with E-state index in [1.54, 1.807) is 6.08 Å². The molecule has 0 aromatic rings. The van der Waals surface area contributed by atoms with Gasteiger partial charge in [0.05, 0.1) is 25.4 Å². The number of hydrogen-bond acceptors (Lipinski definition) is 5. The summed E-state index contributed by atoms with van der Waals surface area (Å²) in [6.45, 7) is 4.88. The summed E-state index contributed by atoms with van der Waals surface area (Å²) < 4.78 is 5.49. The summed E-state index contributed by atoms with van der Waals surface area (Å²) in [5, 5.41) is 23.1. The zero-order valence-corrected chi connectivity index (χ0v) is 48.2. The Hall–Kier alpha value is -2.18. The topological polar surface area (TPSA) is 95.9 Å². The fourth-order valence-corrected chi connectivity index (χ4v) is 9.66. The normalized spacial score (nSPS) is 12.9. The third kappa shape index (κ3) is 57.1. The molecule has 0 bridgehead atoms. The van der Waals surface area contributed by atoms with Gasteiger partial charge >= 0.3 is 5.97 Å². The Morgan fingerprint density at radius 1 is 0.389 bits per heavy atom. The number of aliphatic hydroxyl groups excluding tert-OH is 2. The van der Waals surface area contributed by atoms with Gasteiger partial charge in [0.15, 0.2) is 0 Å². The van der Waals surface area contributed by atoms with E-state index in [9.17, 15) is 19.8 Å². The summed E-state index contributed by atoms with van der Waals surface area (Å²) in [7, 11) is 0. The highest BCUT2D eigenvalue weighted by Gasteiger charge is 2.18. The van der Waals surface area contributed by atoms with Crippen LogP contribution in [0.4, 0.5) is 0 Å². The SMILES string of the molecule is CCCCC/C=C\C/C=C\CCCCCCCCCC(=O)OCCCCCCCCCCCCCC/C=C\CCCCCCCCCC(=O)NC(CO)C(O)/C=C/CCCCCCCCCCCCCCC. The van der Waals surface area contributed by atoms with Crippen molar-refractivity contribution in [3.05, 3.63) is 48.6 Å². The molecule has 0 heterocycles. The molecule has 0 saturated heterocycles. The van der Waals surface area contributed by atoms with Gasteiger partial charge in [-0.15, -0.1) is 0 Å². The first-order chi connectivity index (χ1) is 35.5. The molecule has 0 aromatic heterocycles. The van der Waals surface area contributed by atoms with Gasteiger partial charge in [0.2, 0.25) is 5.91 Å². The van der Waals surface area contributed by atoms with Crippen molar-refractivity contribution in [3.8, 4) is 0 Å². The summed E-state index contributed by atoms with van der Waals surface area (Å²) in [6, 6.07) is -0.633. The maximum absolute atomic E-state index is 12.5. The zero-order valence-electron chi connectivity index (χ0n) is 48.2. The van der Waals surface area contributed by atoms with E-state index in [0.717, 1.165) is 57.8 Å². The molecule has 0 rings (SSSR count). The summed E-state index contributed by atoms with van der Waals surface area (Å²) >= 11 is 0. The molecule has 1 amide bonds. The fourth-order valence-electron chi connectivity index (χ4n) is 9.66. The maximum atomic E-state index is 12.5. The van der Waals surface area contributed by atoms with Gasteiger partial charge in [-0.25, -0.2) is 0 Å². The summed E-state index contributed by atoms with van der Waals surface area (Å²) in [5.41, 5.74) is 0. The van der Waals surface area contributed by atoms with Crippen LogP contribution < -0.4 is 5.32 Å². The Balaban J connectivity index is 3.43. The second-order valence-corrected chi connectivity index (χ2v) is 21.7. The van der Waals surface area contributed by atoms with Gasteiger partial charge in [-0.1, -0.05) is 281 Å². The highest BCUT2D eigenvalue weighted by atomic mass is 16.5. The van der Waals surface area contributed by atoms with Crippen LogP contribution in [-0.4, -0.2) is 47.4 Å². The van der Waals surface area contributed by atoms with Crippen LogP contribution in [0, 0.1) is 0 Å². The summed E-state index contributed by atoms with van der Waals surface area (Å²) in [4.78, 5) is 24.5. The lowest BCUT2D eigenvalue weighted by atomic mass is 10.0. The number of carbonyl (C=O) groups is 2.